The molecule has 37 heavy (non-hydrogen) atoms. The van der Waals surface area contributed by atoms with E-state index in [0.717, 1.165) is 11.1 Å². The van der Waals surface area contributed by atoms with Gasteiger partial charge in [-0.25, -0.2) is 4.98 Å². The first-order valence-corrected chi connectivity index (χ1v) is 11.9. The van der Waals surface area contributed by atoms with Crippen molar-refractivity contribution in [3.05, 3.63) is 83.8 Å². The highest BCUT2D eigenvalue weighted by molar-refractivity contribution is 8.00. The Kier molecular flexibility index (Phi) is 8.86. The van der Waals surface area contributed by atoms with Gasteiger partial charge in [0.05, 0.1) is 33.1 Å². The number of thioether (sulfide) groups is 1. The van der Waals surface area contributed by atoms with Crippen LogP contribution in [0.2, 0.25) is 0 Å². The highest BCUT2D eigenvalue weighted by Crippen LogP contribution is 2.36. The Morgan fingerprint density at radius 3 is 2.65 bits per heavy atom. The molecule has 194 valence electrons. The van der Waals surface area contributed by atoms with E-state index in [1.807, 2.05) is 12.1 Å². The molecule has 0 saturated carbocycles. The van der Waals surface area contributed by atoms with Crippen molar-refractivity contribution >= 4 is 23.9 Å². The fraction of sp³-hybridized carbons (Fsp3) is 0.240. The average Bonchev–Trinajstić information content (AvgIpc) is 3.56. The number of rotatable bonds is 12. The Balaban J connectivity index is 1.26. The van der Waals surface area contributed by atoms with Crippen LogP contribution in [-0.2, 0) is 24.5 Å². The fourth-order valence-corrected chi connectivity index (χ4v) is 3.74. The summed E-state index contributed by atoms with van der Waals surface area (Å²) >= 11 is -0.150. The van der Waals surface area contributed by atoms with Crippen molar-refractivity contribution in [3.8, 4) is 11.5 Å². The quantitative estimate of drug-likeness (QED) is 0.166. The lowest BCUT2D eigenvalue weighted by molar-refractivity contribution is -0.0328. The minimum Gasteiger partial charge on any atom is -0.496 e. The molecule has 0 atom stereocenters. The maximum Gasteiger partial charge on any atom is 0.446 e. The summed E-state index contributed by atoms with van der Waals surface area (Å²) in [5.74, 6) is 1.59. The lowest BCUT2D eigenvalue weighted by Crippen LogP contribution is -2.07. The molecule has 0 unspecified atom stereocenters. The van der Waals surface area contributed by atoms with Gasteiger partial charge in [-0.1, -0.05) is 17.3 Å². The monoisotopic (exact) mass is 532 g/mol. The van der Waals surface area contributed by atoms with Gasteiger partial charge < -0.3 is 18.6 Å². The molecule has 0 fully saturated rings. The number of hydrogen-bond acceptors (Lipinski definition) is 8. The molecule has 0 radical (unpaired) electrons. The van der Waals surface area contributed by atoms with Crippen LogP contribution in [0, 0.1) is 0 Å². The largest absolute Gasteiger partial charge is 0.496 e. The second-order valence-electron chi connectivity index (χ2n) is 7.61. The van der Waals surface area contributed by atoms with E-state index in [1.54, 1.807) is 54.5 Å². The second kappa shape index (κ2) is 12.5. The standard InChI is InChI=1S/C25H23F3N4O4S/c1-33-23-14-21(6-5-19(23)15-34-13-12-32-11-10-29-31-32)35-16-20-17-36-24(30-20)9-4-18-2-7-22(8-3-18)37-25(26,27)28/h2-11,14,17H,12-13,15-16H2,1H3/b9-4+. The van der Waals surface area contributed by atoms with Crippen LogP contribution >= 0.6 is 11.8 Å². The van der Waals surface area contributed by atoms with Crippen molar-refractivity contribution in [3.63, 3.8) is 0 Å². The Hall–Kier alpha value is -3.77. The van der Waals surface area contributed by atoms with Crippen molar-refractivity contribution in [2.24, 2.45) is 0 Å². The van der Waals surface area contributed by atoms with Gasteiger partial charge in [0.15, 0.2) is 0 Å². The summed E-state index contributed by atoms with van der Waals surface area (Å²) in [6.07, 6.45) is 8.21. The second-order valence-corrected chi connectivity index (χ2v) is 8.75. The van der Waals surface area contributed by atoms with Crippen LogP contribution in [0.1, 0.15) is 22.7 Å². The third kappa shape index (κ3) is 8.40. The topological polar surface area (TPSA) is 84.4 Å². The Morgan fingerprint density at radius 1 is 1.08 bits per heavy atom. The van der Waals surface area contributed by atoms with Crippen LogP contribution in [0.3, 0.4) is 0 Å². The maximum absolute atomic E-state index is 12.4. The lowest BCUT2D eigenvalue weighted by atomic mass is 10.2. The molecule has 0 N–H and O–H groups in total. The van der Waals surface area contributed by atoms with E-state index in [9.17, 15) is 13.2 Å². The van der Waals surface area contributed by atoms with Crippen LogP contribution < -0.4 is 9.47 Å². The van der Waals surface area contributed by atoms with Crippen molar-refractivity contribution < 1.29 is 31.8 Å². The molecule has 0 amide bonds. The van der Waals surface area contributed by atoms with E-state index in [-0.39, 0.29) is 23.3 Å². The summed E-state index contributed by atoms with van der Waals surface area (Å²) in [5.41, 5.74) is -2.13. The maximum atomic E-state index is 12.4. The third-order valence-electron chi connectivity index (χ3n) is 4.94. The number of oxazole rings is 1. The number of halogens is 3. The van der Waals surface area contributed by atoms with E-state index in [4.69, 9.17) is 18.6 Å². The van der Waals surface area contributed by atoms with E-state index in [2.05, 4.69) is 15.3 Å². The van der Waals surface area contributed by atoms with Crippen LogP contribution in [-0.4, -0.2) is 39.2 Å². The van der Waals surface area contributed by atoms with Gasteiger partial charge in [-0.2, -0.15) is 13.2 Å². The summed E-state index contributed by atoms with van der Waals surface area (Å²) in [5, 5.41) is 7.64. The summed E-state index contributed by atoms with van der Waals surface area (Å²) in [6.45, 7) is 1.64. The molecule has 0 bridgehead atoms. The molecule has 12 heteroatoms. The van der Waals surface area contributed by atoms with Crippen LogP contribution in [0.15, 0.2) is 70.4 Å². The van der Waals surface area contributed by atoms with E-state index in [1.165, 1.54) is 18.4 Å². The molecule has 0 spiro atoms. The highest BCUT2D eigenvalue weighted by Gasteiger charge is 2.28. The van der Waals surface area contributed by atoms with Crippen molar-refractivity contribution in [2.45, 2.75) is 30.2 Å². The first-order chi connectivity index (χ1) is 17.9. The highest BCUT2D eigenvalue weighted by atomic mass is 32.2. The molecule has 0 aliphatic carbocycles. The summed E-state index contributed by atoms with van der Waals surface area (Å²) in [6, 6.07) is 11.5. The number of aromatic nitrogens is 4. The smallest absolute Gasteiger partial charge is 0.446 e. The summed E-state index contributed by atoms with van der Waals surface area (Å²) in [7, 11) is 1.58. The van der Waals surface area contributed by atoms with Gasteiger partial charge in [-0.05, 0) is 47.7 Å². The third-order valence-corrected chi connectivity index (χ3v) is 5.68. The number of alkyl halides is 3. The van der Waals surface area contributed by atoms with E-state index < -0.39 is 5.51 Å². The van der Waals surface area contributed by atoms with Gasteiger partial charge in [0.1, 0.15) is 30.1 Å². The average molecular weight is 533 g/mol. The first-order valence-electron chi connectivity index (χ1n) is 11.1. The molecular formula is C25H23F3N4O4S. The number of benzene rings is 2. The molecule has 4 aromatic rings. The Labute approximate surface area is 215 Å². The predicted molar refractivity (Wildman–Crippen MR) is 131 cm³/mol. The van der Waals surface area contributed by atoms with Crippen molar-refractivity contribution in [1.82, 2.24) is 20.0 Å². The Bertz CT molecular complexity index is 1290. The summed E-state index contributed by atoms with van der Waals surface area (Å²) < 4.78 is 61.4. The molecule has 0 aliphatic rings. The van der Waals surface area contributed by atoms with Crippen LogP contribution in [0.5, 0.6) is 11.5 Å². The number of methoxy groups -OCH3 is 1. The zero-order valence-corrected chi connectivity index (χ0v) is 20.5. The van der Waals surface area contributed by atoms with Gasteiger partial charge in [0.25, 0.3) is 0 Å². The molecule has 4 rings (SSSR count). The SMILES string of the molecule is COc1cc(OCc2coc(/C=C/c3ccc(SC(F)(F)F)cc3)n2)ccc1COCCn1ccnn1. The number of nitrogens with zero attached hydrogens (tertiary/aromatic N) is 4. The molecular weight excluding hydrogens is 509 g/mol. The normalized spacial score (nSPS) is 11.8. The van der Waals surface area contributed by atoms with Gasteiger partial charge in [0, 0.05) is 28.8 Å². The van der Waals surface area contributed by atoms with Crippen molar-refractivity contribution in [1.29, 1.82) is 0 Å². The van der Waals surface area contributed by atoms with Crippen LogP contribution in [0.4, 0.5) is 13.2 Å². The minimum atomic E-state index is -4.31. The van der Waals surface area contributed by atoms with Crippen molar-refractivity contribution in [2.75, 3.05) is 13.7 Å². The predicted octanol–water partition coefficient (Wildman–Crippen LogP) is 5.85. The molecule has 0 saturated heterocycles. The zero-order valence-electron chi connectivity index (χ0n) is 19.7. The molecule has 2 aromatic carbocycles. The zero-order chi connectivity index (χ0) is 26.1. The molecule has 2 aromatic heterocycles. The molecule has 0 aliphatic heterocycles. The lowest BCUT2D eigenvalue weighted by Gasteiger charge is -2.12. The van der Waals surface area contributed by atoms with E-state index in [0.29, 0.717) is 42.8 Å². The summed E-state index contributed by atoms with van der Waals surface area (Å²) in [4.78, 5) is 4.47. The minimum absolute atomic E-state index is 0.126. The Morgan fingerprint density at radius 2 is 1.92 bits per heavy atom. The van der Waals surface area contributed by atoms with Gasteiger partial charge in [-0.3, -0.25) is 4.68 Å². The fourth-order valence-electron chi connectivity index (χ4n) is 3.20. The van der Waals surface area contributed by atoms with Crippen LogP contribution in [0.25, 0.3) is 12.2 Å². The van der Waals surface area contributed by atoms with Gasteiger partial charge in [0.2, 0.25) is 5.89 Å². The first kappa shape index (κ1) is 26.3. The number of hydrogen-bond donors (Lipinski definition) is 0. The number of ether oxygens (including phenoxy) is 3. The molecule has 2 heterocycles. The van der Waals surface area contributed by atoms with E-state index >= 15 is 0 Å². The van der Waals surface area contributed by atoms with Gasteiger partial charge >= 0.3 is 5.51 Å². The van der Waals surface area contributed by atoms with Gasteiger partial charge in [-0.15, -0.1) is 5.10 Å². The molecule has 8 nitrogen and oxygen atoms in total.